The molecule has 0 amide bonds. The molecule has 2 aromatic carbocycles. The zero-order chi connectivity index (χ0) is 30.4. The molecule has 3 heterocycles. The average Bonchev–Trinajstić information content (AvgIpc) is 3.02. The number of anilines is 1. The Kier molecular flexibility index (Phi) is 10.4. The summed E-state index contributed by atoms with van der Waals surface area (Å²) in [7, 11) is 1.59. The lowest BCUT2D eigenvalue weighted by atomic mass is 9.74. The van der Waals surface area contributed by atoms with Crippen LogP contribution in [-0.2, 0) is 11.3 Å². The summed E-state index contributed by atoms with van der Waals surface area (Å²) < 4.78 is 68.3. The highest BCUT2D eigenvalue weighted by Gasteiger charge is 2.35. The van der Waals surface area contributed by atoms with Crippen LogP contribution in [0, 0.1) is 22.9 Å². The molecule has 0 aliphatic carbocycles. The summed E-state index contributed by atoms with van der Waals surface area (Å²) >= 11 is 0. The van der Waals surface area contributed by atoms with Crippen molar-refractivity contribution in [3.8, 4) is 5.75 Å². The number of nitrogens with one attached hydrogen (secondary N) is 1. The van der Waals surface area contributed by atoms with Crippen LogP contribution in [0.4, 0.5) is 23.2 Å². The van der Waals surface area contributed by atoms with Gasteiger partial charge in [-0.15, -0.1) is 0 Å². The maximum absolute atomic E-state index is 16.4. The lowest BCUT2D eigenvalue weighted by Gasteiger charge is -2.41. The molecule has 2 aliphatic rings. The molecule has 2 fully saturated rings. The van der Waals surface area contributed by atoms with Gasteiger partial charge in [0.2, 0.25) is 0 Å². The van der Waals surface area contributed by atoms with Crippen LogP contribution in [-0.4, -0.2) is 86.1 Å². The van der Waals surface area contributed by atoms with Crippen LogP contribution in [0.5, 0.6) is 5.75 Å². The first-order valence-electron chi connectivity index (χ1n) is 14.9. The number of halogens is 4. The number of hydrogen-bond donors (Lipinski definition) is 2. The number of piperidine rings is 1. The zero-order valence-electron chi connectivity index (χ0n) is 24.6. The summed E-state index contributed by atoms with van der Waals surface area (Å²) in [4.78, 5) is 9.02. The van der Waals surface area contributed by atoms with Gasteiger partial charge in [-0.25, -0.2) is 17.6 Å². The molecule has 7 nitrogen and oxygen atoms in total. The SMILES string of the molecule is COc1ccc2ncc(CN3CCOCC3)c(C(F)CCC3(CO)CCN(CCNc4c(F)cc(F)cc4F)CC3)c2c1. The number of ether oxygens (including phenoxy) is 2. The summed E-state index contributed by atoms with van der Waals surface area (Å²) in [6, 6.07) is 6.82. The second-order valence-electron chi connectivity index (χ2n) is 11.6. The Labute approximate surface area is 249 Å². The van der Waals surface area contributed by atoms with Crippen molar-refractivity contribution in [1.29, 1.82) is 0 Å². The number of benzene rings is 2. The summed E-state index contributed by atoms with van der Waals surface area (Å²) in [5, 5.41) is 13.9. The molecular formula is C32H40F4N4O3. The average molecular weight is 605 g/mol. The van der Waals surface area contributed by atoms with Gasteiger partial charge in [-0.1, -0.05) is 0 Å². The first-order chi connectivity index (χ1) is 20.8. The Hall–Kier alpha value is -2.99. The van der Waals surface area contributed by atoms with Gasteiger partial charge in [0.05, 0.1) is 25.8 Å². The van der Waals surface area contributed by atoms with Crippen molar-refractivity contribution < 1.29 is 32.1 Å². The molecule has 0 bridgehead atoms. The molecule has 11 heteroatoms. The molecule has 2 saturated heterocycles. The van der Waals surface area contributed by atoms with Gasteiger partial charge in [-0.3, -0.25) is 9.88 Å². The van der Waals surface area contributed by atoms with E-state index in [1.165, 1.54) is 0 Å². The third-order valence-corrected chi connectivity index (χ3v) is 8.93. The molecule has 3 aromatic rings. The van der Waals surface area contributed by atoms with E-state index in [1.807, 2.05) is 18.2 Å². The van der Waals surface area contributed by atoms with E-state index in [4.69, 9.17) is 9.47 Å². The normalized spacial score (nSPS) is 18.6. The maximum atomic E-state index is 16.4. The van der Waals surface area contributed by atoms with E-state index in [2.05, 4.69) is 20.1 Å². The number of hydrogen-bond acceptors (Lipinski definition) is 7. The molecule has 1 aromatic heterocycles. The van der Waals surface area contributed by atoms with E-state index in [9.17, 15) is 18.3 Å². The Morgan fingerprint density at radius 2 is 1.77 bits per heavy atom. The number of alkyl halides is 1. The van der Waals surface area contributed by atoms with Crippen LogP contribution in [0.15, 0.2) is 36.5 Å². The van der Waals surface area contributed by atoms with Crippen LogP contribution >= 0.6 is 0 Å². The van der Waals surface area contributed by atoms with Crippen LogP contribution in [0.3, 0.4) is 0 Å². The van der Waals surface area contributed by atoms with Crippen molar-refractivity contribution in [3.63, 3.8) is 0 Å². The van der Waals surface area contributed by atoms with Gasteiger partial charge in [-0.05, 0) is 68.0 Å². The highest BCUT2D eigenvalue weighted by atomic mass is 19.1. The molecule has 234 valence electrons. The minimum absolute atomic E-state index is 0.0383. The van der Waals surface area contributed by atoms with E-state index in [-0.39, 0.29) is 25.3 Å². The second-order valence-corrected chi connectivity index (χ2v) is 11.6. The summed E-state index contributed by atoms with van der Waals surface area (Å²) in [5.74, 6) is -2.25. The molecule has 0 spiro atoms. The zero-order valence-corrected chi connectivity index (χ0v) is 24.6. The largest absolute Gasteiger partial charge is 0.497 e. The van der Waals surface area contributed by atoms with Crippen LogP contribution in [0.25, 0.3) is 10.9 Å². The number of fused-ring (bicyclic) bond motifs is 1. The van der Waals surface area contributed by atoms with Gasteiger partial charge in [0, 0.05) is 68.6 Å². The molecule has 2 N–H and O–H groups in total. The van der Waals surface area contributed by atoms with Gasteiger partial charge in [0.25, 0.3) is 0 Å². The van der Waals surface area contributed by atoms with E-state index < -0.39 is 29.0 Å². The number of aliphatic hydroxyl groups is 1. The summed E-state index contributed by atoms with van der Waals surface area (Å²) in [6.45, 7) is 5.55. The number of aromatic nitrogens is 1. The van der Waals surface area contributed by atoms with Gasteiger partial charge < -0.3 is 24.8 Å². The number of methoxy groups -OCH3 is 1. The second kappa shape index (κ2) is 14.2. The topological polar surface area (TPSA) is 70.1 Å². The van der Waals surface area contributed by atoms with Crippen molar-refractivity contribution in [3.05, 3.63) is 65.1 Å². The quantitative estimate of drug-likeness (QED) is 0.266. The van der Waals surface area contributed by atoms with E-state index in [0.29, 0.717) is 87.6 Å². The molecule has 1 unspecified atom stereocenters. The fourth-order valence-electron chi connectivity index (χ4n) is 6.22. The number of morpholine rings is 1. The molecule has 0 saturated carbocycles. The standard InChI is InChI=1S/C32H40F4N4O3/c1-42-24-2-3-29-25(18-24)30(22(19-38-29)20-40-12-14-43-15-13-40)26(34)4-5-32(21-41)6-9-39(10-7-32)11-8-37-31-27(35)16-23(33)17-28(31)36/h2-3,16-19,26,37,41H,4-15,20-21H2,1H3. The lowest BCUT2D eigenvalue weighted by Crippen LogP contribution is -2.43. The molecule has 1 atom stereocenters. The lowest BCUT2D eigenvalue weighted by molar-refractivity contribution is 0.0306. The highest BCUT2D eigenvalue weighted by molar-refractivity contribution is 5.85. The van der Waals surface area contributed by atoms with Gasteiger partial charge in [0.15, 0.2) is 11.6 Å². The van der Waals surface area contributed by atoms with Crippen molar-refractivity contribution in [2.75, 3.05) is 71.5 Å². The third-order valence-electron chi connectivity index (χ3n) is 8.93. The van der Waals surface area contributed by atoms with E-state index in [1.54, 1.807) is 13.3 Å². The smallest absolute Gasteiger partial charge is 0.152 e. The van der Waals surface area contributed by atoms with Crippen molar-refractivity contribution >= 4 is 16.6 Å². The molecular weight excluding hydrogens is 564 g/mol. The molecule has 43 heavy (non-hydrogen) atoms. The fraction of sp³-hybridized carbons (Fsp3) is 0.531. The first-order valence-corrected chi connectivity index (χ1v) is 14.9. The van der Waals surface area contributed by atoms with Crippen molar-refractivity contribution in [1.82, 2.24) is 14.8 Å². The number of likely N-dealkylation sites (tertiary alicyclic amines) is 1. The number of aliphatic hydroxyl groups excluding tert-OH is 1. The van der Waals surface area contributed by atoms with Crippen molar-refractivity contribution in [2.24, 2.45) is 5.41 Å². The highest BCUT2D eigenvalue weighted by Crippen LogP contribution is 2.41. The third kappa shape index (κ3) is 7.57. The van der Waals surface area contributed by atoms with Gasteiger partial charge in [0.1, 0.15) is 23.4 Å². The number of nitrogens with zero attached hydrogens (tertiary/aromatic N) is 3. The van der Waals surface area contributed by atoms with E-state index in [0.717, 1.165) is 24.0 Å². The monoisotopic (exact) mass is 604 g/mol. The predicted molar refractivity (Wildman–Crippen MR) is 157 cm³/mol. The summed E-state index contributed by atoms with van der Waals surface area (Å²) in [5.41, 5.74) is 1.44. The first kappa shape index (κ1) is 31.4. The van der Waals surface area contributed by atoms with Crippen molar-refractivity contribution in [2.45, 2.75) is 38.4 Å². The Bertz CT molecular complexity index is 1360. The Morgan fingerprint density at radius 1 is 1.05 bits per heavy atom. The van der Waals surface area contributed by atoms with E-state index >= 15 is 4.39 Å². The predicted octanol–water partition coefficient (Wildman–Crippen LogP) is 5.47. The van der Waals surface area contributed by atoms with Crippen LogP contribution in [0.1, 0.15) is 43.0 Å². The molecule has 5 rings (SSSR count). The molecule has 0 radical (unpaired) electrons. The maximum Gasteiger partial charge on any atom is 0.152 e. The minimum Gasteiger partial charge on any atom is -0.497 e. The van der Waals surface area contributed by atoms with Gasteiger partial charge >= 0.3 is 0 Å². The minimum atomic E-state index is -1.25. The van der Waals surface area contributed by atoms with Crippen LogP contribution in [0.2, 0.25) is 0 Å². The van der Waals surface area contributed by atoms with Gasteiger partial charge in [-0.2, -0.15) is 0 Å². The van der Waals surface area contributed by atoms with Crippen LogP contribution < -0.4 is 10.1 Å². The Morgan fingerprint density at radius 3 is 2.44 bits per heavy atom. The number of rotatable bonds is 12. The Balaban J connectivity index is 1.22. The summed E-state index contributed by atoms with van der Waals surface area (Å²) in [6.07, 6.45) is 2.68. The fourth-order valence-corrected chi connectivity index (χ4v) is 6.22. The molecule has 2 aliphatic heterocycles. The number of pyridine rings is 1.